The minimum Gasteiger partial charge on any atom is -0.318 e. The van der Waals surface area contributed by atoms with E-state index in [0.717, 1.165) is 12.1 Å². The van der Waals surface area contributed by atoms with Crippen LogP contribution in [0, 0.1) is 11.3 Å². The number of hydrogen-bond donors (Lipinski definition) is 0. The Morgan fingerprint density at radius 2 is 2.12 bits per heavy atom. The molecule has 0 bridgehead atoms. The molecule has 1 rings (SSSR count). The molecule has 92 valence electrons. The first-order valence-electron chi connectivity index (χ1n) is 5.82. The summed E-state index contributed by atoms with van der Waals surface area (Å²) in [4.78, 5) is 13.4. The van der Waals surface area contributed by atoms with Crippen LogP contribution in [0.25, 0.3) is 0 Å². The van der Waals surface area contributed by atoms with Crippen LogP contribution < -0.4 is 0 Å². The molecule has 0 aliphatic heterocycles. The van der Waals surface area contributed by atoms with Gasteiger partial charge in [-0.25, -0.2) is 0 Å². The van der Waals surface area contributed by atoms with Crippen LogP contribution in [0.2, 0.25) is 0 Å². The van der Waals surface area contributed by atoms with Crippen LogP contribution in [0.5, 0.6) is 0 Å². The predicted octanol–water partition coefficient (Wildman–Crippen LogP) is 3.41. The molecule has 1 unspecified atom stereocenters. The maximum absolute atomic E-state index is 11.6. The molecule has 1 aliphatic rings. The molecule has 2 nitrogen and oxygen atoms in total. The Hall–Kier alpha value is -0.500. The fraction of sp³-hybridized carbons (Fsp3) is 0.769. The standard InChI is InChI=1S/C13H22ClNO/c1-9-6-11(15(5)12(16)8-14)10(2)13(3,4)7-9/h9H,6-8H2,1-5H3. The van der Waals surface area contributed by atoms with Crippen LogP contribution in [0.4, 0.5) is 0 Å². The highest BCUT2D eigenvalue weighted by molar-refractivity contribution is 6.27. The van der Waals surface area contributed by atoms with E-state index in [1.54, 1.807) is 4.90 Å². The zero-order valence-corrected chi connectivity index (χ0v) is 11.7. The lowest BCUT2D eigenvalue weighted by Gasteiger charge is -2.39. The molecule has 0 radical (unpaired) electrons. The van der Waals surface area contributed by atoms with Gasteiger partial charge in [0.2, 0.25) is 5.91 Å². The minimum atomic E-state index is -0.0130. The van der Waals surface area contributed by atoms with Crippen molar-refractivity contribution in [2.24, 2.45) is 11.3 Å². The van der Waals surface area contributed by atoms with E-state index in [0.29, 0.717) is 5.92 Å². The highest BCUT2D eigenvalue weighted by Crippen LogP contribution is 2.43. The molecule has 1 atom stereocenters. The van der Waals surface area contributed by atoms with Gasteiger partial charge in [-0.1, -0.05) is 20.8 Å². The zero-order valence-electron chi connectivity index (χ0n) is 10.9. The molecule has 0 heterocycles. The number of carbonyl (C=O) groups is 1. The maximum atomic E-state index is 11.6. The number of hydrogen-bond acceptors (Lipinski definition) is 1. The monoisotopic (exact) mass is 243 g/mol. The highest BCUT2D eigenvalue weighted by atomic mass is 35.5. The molecular formula is C13H22ClNO. The average Bonchev–Trinajstić information content (AvgIpc) is 2.20. The number of allylic oxidation sites excluding steroid dienone is 2. The van der Waals surface area contributed by atoms with Crippen molar-refractivity contribution in [3.05, 3.63) is 11.3 Å². The molecule has 1 amide bonds. The smallest absolute Gasteiger partial charge is 0.241 e. The lowest BCUT2D eigenvalue weighted by molar-refractivity contribution is -0.125. The molecule has 16 heavy (non-hydrogen) atoms. The van der Waals surface area contributed by atoms with Crippen molar-refractivity contribution in [1.82, 2.24) is 4.90 Å². The number of amides is 1. The van der Waals surface area contributed by atoms with Gasteiger partial charge in [-0.2, -0.15) is 0 Å². The topological polar surface area (TPSA) is 20.3 Å². The van der Waals surface area contributed by atoms with Crippen molar-refractivity contribution in [3.63, 3.8) is 0 Å². The maximum Gasteiger partial charge on any atom is 0.241 e. The molecule has 1 aliphatic carbocycles. The second-order valence-electron chi connectivity index (χ2n) is 5.56. The summed E-state index contributed by atoms with van der Waals surface area (Å²) in [6.45, 7) is 8.88. The zero-order chi connectivity index (χ0) is 12.5. The number of alkyl halides is 1. The minimum absolute atomic E-state index is 0.0130. The largest absolute Gasteiger partial charge is 0.318 e. The Balaban J connectivity index is 3.05. The summed E-state index contributed by atoms with van der Waals surface area (Å²) < 4.78 is 0. The summed E-state index contributed by atoms with van der Waals surface area (Å²) in [7, 11) is 1.83. The molecule has 0 aromatic carbocycles. The van der Waals surface area contributed by atoms with Crippen LogP contribution >= 0.6 is 11.6 Å². The third-order valence-electron chi connectivity index (χ3n) is 3.74. The molecule has 0 aromatic heterocycles. The Morgan fingerprint density at radius 3 is 2.62 bits per heavy atom. The van der Waals surface area contributed by atoms with E-state index in [-0.39, 0.29) is 17.2 Å². The molecule has 3 heteroatoms. The van der Waals surface area contributed by atoms with Crippen molar-refractivity contribution >= 4 is 17.5 Å². The average molecular weight is 244 g/mol. The van der Waals surface area contributed by atoms with Gasteiger partial charge in [-0.05, 0) is 36.7 Å². The lowest BCUT2D eigenvalue weighted by Crippen LogP contribution is -2.34. The van der Waals surface area contributed by atoms with Crippen LogP contribution in [-0.4, -0.2) is 23.7 Å². The first-order valence-corrected chi connectivity index (χ1v) is 6.35. The summed E-state index contributed by atoms with van der Waals surface area (Å²) in [6, 6.07) is 0. The van der Waals surface area contributed by atoms with E-state index in [1.165, 1.54) is 12.0 Å². The van der Waals surface area contributed by atoms with Gasteiger partial charge in [0, 0.05) is 12.7 Å². The van der Waals surface area contributed by atoms with E-state index in [4.69, 9.17) is 11.6 Å². The van der Waals surface area contributed by atoms with Crippen LogP contribution in [-0.2, 0) is 4.79 Å². The number of nitrogens with zero attached hydrogens (tertiary/aromatic N) is 1. The van der Waals surface area contributed by atoms with E-state index >= 15 is 0 Å². The fourth-order valence-electron chi connectivity index (χ4n) is 2.60. The summed E-state index contributed by atoms with van der Waals surface area (Å²) in [5.41, 5.74) is 2.68. The second kappa shape index (κ2) is 4.79. The van der Waals surface area contributed by atoms with E-state index < -0.39 is 0 Å². The van der Waals surface area contributed by atoms with Crippen molar-refractivity contribution < 1.29 is 4.79 Å². The molecule has 0 fully saturated rings. The predicted molar refractivity (Wildman–Crippen MR) is 68.4 cm³/mol. The van der Waals surface area contributed by atoms with Gasteiger partial charge >= 0.3 is 0 Å². The highest BCUT2D eigenvalue weighted by Gasteiger charge is 2.33. The van der Waals surface area contributed by atoms with Crippen LogP contribution in [0.1, 0.15) is 40.5 Å². The van der Waals surface area contributed by atoms with Gasteiger partial charge in [-0.3, -0.25) is 4.79 Å². The lowest BCUT2D eigenvalue weighted by atomic mass is 9.71. The quantitative estimate of drug-likeness (QED) is 0.681. The summed E-state index contributed by atoms with van der Waals surface area (Å²) in [5, 5.41) is 0. The molecule has 0 saturated carbocycles. The summed E-state index contributed by atoms with van der Waals surface area (Å²) in [5.74, 6) is 0.669. The molecule has 0 saturated heterocycles. The van der Waals surface area contributed by atoms with Gasteiger partial charge in [-0.15, -0.1) is 11.6 Å². The van der Waals surface area contributed by atoms with Gasteiger partial charge in [0.1, 0.15) is 5.88 Å². The third-order valence-corrected chi connectivity index (χ3v) is 3.97. The van der Waals surface area contributed by atoms with E-state index in [9.17, 15) is 4.79 Å². The SMILES string of the molecule is CC1=C(N(C)C(=O)CCl)CC(C)CC1(C)C. The van der Waals surface area contributed by atoms with Crippen molar-refractivity contribution in [2.45, 2.75) is 40.5 Å². The second-order valence-corrected chi connectivity index (χ2v) is 5.82. The Morgan fingerprint density at radius 1 is 1.56 bits per heavy atom. The number of halogens is 1. The van der Waals surface area contributed by atoms with E-state index in [1.807, 2.05) is 7.05 Å². The molecule has 0 aromatic rings. The Bertz CT molecular complexity index is 320. The Kier molecular flexibility index (Phi) is 4.06. The first-order chi connectivity index (χ1) is 7.29. The van der Waals surface area contributed by atoms with Gasteiger partial charge in [0.25, 0.3) is 0 Å². The van der Waals surface area contributed by atoms with Crippen LogP contribution in [0.3, 0.4) is 0 Å². The van der Waals surface area contributed by atoms with E-state index in [2.05, 4.69) is 27.7 Å². The molecular weight excluding hydrogens is 222 g/mol. The molecule has 0 N–H and O–H groups in total. The third kappa shape index (κ3) is 2.60. The summed E-state index contributed by atoms with van der Waals surface area (Å²) in [6.07, 6.45) is 2.17. The first kappa shape index (κ1) is 13.6. The molecule has 0 spiro atoms. The normalized spacial score (nSPS) is 24.5. The van der Waals surface area contributed by atoms with Crippen molar-refractivity contribution in [3.8, 4) is 0 Å². The van der Waals surface area contributed by atoms with Crippen molar-refractivity contribution in [2.75, 3.05) is 12.9 Å². The number of rotatable bonds is 2. The number of carbonyl (C=O) groups excluding carboxylic acids is 1. The summed E-state index contributed by atoms with van der Waals surface area (Å²) >= 11 is 5.61. The fourth-order valence-corrected chi connectivity index (χ4v) is 2.78. The van der Waals surface area contributed by atoms with Crippen LogP contribution in [0.15, 0.2) is 11.3 Å². The van der Waals surface area contributed by atoms with Gasteiger partial charge in [0.05, 0.1) is 0 Å². The Labute approximate surface area is 104 Å². The van der Waals surface area contributed by atoms with Gasteiger partial charge in [0.15, 0.2) is 0 Å². The van der Waals surface area contributed by atoms with Gasteiger partial charge < -0.3 is 4.90 Å². The van der Waals surface area contributed by atoms with Crippen molar-refractivity contribution in [1.29, 1.82) is 0 Å².